The molecule has 0 aliphatic carbocycles. The summed E-state index contributed by atoms with van der Waals surface area (Å²) in [6.07, 6.45) is 6.38. The maximum Gasteiger partial charge on any atom is 0.189 e. The smallest absolute Gasteiger partial charge is 0.189 e. The van der Waals surface area contributed by atoms with E-state index in [0.717, 1.165) is 59.1 Å². The number of hydrogen-bond acceptors (Lipinski definition) is 7. The molecule has 5 rings (SSSR count). The van der Waals surface area contributed by atoms with Crippen molar-refractivity contribution in [1.29, 1.82) is 0 Å². The second-order valence-corrected chi connectivity index (χ2v) is 8.39. The fourth-order valence-electron chi connectivity index (χ4n) is 4.50. The fourth-order valence-corrected chi connectivity index (χ4v) is 4.92. The number of anilines is 2. The molecular weight excluding hydrogens is 368 g/mol. The highest BCUT2D eigenvalue weighted by molar-refractivity contribution is 7.98. The molecule has 0 bridgehead atoms. The predicted octanol–water partition coefficient (Wildman–Crippen LogP) is 3.56. The molecule has 4 heterocycles. The fraction of sp³-hybridized carbons (Fsp3) is 0.429. The van der Waals surface area contributed by atoms with E-state index in [0.29, 0.717) is 6.04 Å². The summed E-state index contributed by atoms with van der Waals surface area (Å²) in [4.78, 5) is 23.7. The molecule has 0 N–H and O–H groups in total. The minimum absolute atomic E-state index is 0.464. The molecule has 2 aliphatic heterocycles. The minimum Gasteiger partial charge on any atom is -0.353 e. The predicted molar refractivity (Wildman–Crippen MR) is 114 cm³/mol. The zero-order valence-corrected chi connectivity index (χ0v) is 17.1. The molecule has 2 saturated heterocycles. The monoisotopic (exact) mass is 392 g/mol. The van der Waals surface area contributed by atoms with Crippen LogP contribution in [-0.2, 0) is 0 Å². The number of rotatable bonds is 3. The van der Waals surface area contributed by atoms with Crippen molar-refractivity contribution >= 4 is 34.4 Å². The normalized spacial score (nSPS) is 21.9. The van der Waals surface area contributed by atoms with Gasteiger partial charge in [0, 0.05) is 31.4 Å². The van der Waals surface area contributed by atoms with Gasteiger partial charge in [0.1, 0.15) is 11.6 Å². The van der Waals surface area contributed by atoms with Gasteiger partial charge >= 0.3 is 0 Å². The Balaban J connectivity index is 1.42. The van der Waals surface area contributed by atoms with Crippen LogP contribution in [0.5, 0.6) is 0 Å². The van der Waals surface area contributed by atoms with Crippen LogP contribution in [0.2, 0.25) is 0 Å². The van der Waals surface area contributed by atoms with Crippen LogP contribution in [0, 0.1) is 12.8 Å². The van der Waals surface area contributed by atoms with Gasteiger partial charge in [-0.15, -0.1) is 0 Å². The molecule has 28 heavy (non-hydrogen) atoms. The third-order valence-electron chi connectivity index (χ3n) is 5.92. The zero-order chi connectivity index (χ0) is 19.1. The van der Waals surface area contributed by atoms with Gasteiger partial charge in [-0.25, -0.2) is 15.0 Å². The number of thioether (sulfide) groups is 1. The van der Waals surface area contributed by atoms with Crippen LogP contribution in [0.3, 0.4) is 0 Å². The first-order valence-corrected chi connectivity index (χ1v) is 11.1. The Kier molecular flexibility index (Phi) is 4.55. The lowest BCUT2D eigenvalue weighted by atomic mass is 9.92. The Morgan fingerprint density at radius 3 is 2.68 bits per heavy atom. The van der Waals surface area contributed by atoms with E-state index in [1.165, 1.54) is 12.8 Å². The van der Waals surface area contributed by atoms with Gasteiger partial charge < -0.3 is 9.80 Å². The van der Waals surface area contributed by atoms with Crippen molar-refractivity contribution in [2.45, 2.75) is 31.0 Å². The third kappa shape index (κ3) is 3.17. The minimum atomic E-state index is 0.464. The van der Waals surface area contributed by atoms with Crippen molar-refractivity contribution in [3.8, 4) is 0 Å². The lowest BCUT2D eigenvalue weighted by molar-refractivity contribution is 0.388. The lowest BCUT2D eigenvalue weighted by Crippen LogP contribution is -2.49. The van der Waals surface area contributed by atoms with E-state index in [2.05, 4.69) is 32.8 Å². The number of fused-ring (bicyclic) bond motifs is 2. The van der Waals surface area contributed by atoms with Crippen LogP contribution < -0.4 is 9.80 Å². The van der Waals surface area contributed by atoms with E-state index in [4.69, 9.17) is 9.97 Å². The van der Waals surface area contributed by atoms with Crippen molar-refractivity contribution < 1.29 is 0 Å². The summed E-state index contributed by atoms with van der Waals surface area (Å²) in [6.45, 7) is 5.13. The molecule has 2 atom stereocenters. The van der Waals surface area contributed by atoms with Gasteiger partial charge in [0.15, 0.2) is 5.16 Å². The van der Waals surface area contributed by atoms with Gasteiger partial charge in [-0.05, 0) is 44.1 Å². The Hall–Kier alpha value is -2.41. The molecule has 144 valence electrons. The molecule has 0 amide bonds. The first-order chi connectivity index (χ1) is 13.7. The van der Waals surface area contributed by atoms with Crippen molar-refractivity contribution in [3.63, 3.8) is 0 Å². The van der Waals surface area contributed by atoms with Gasteiger partial charge in [-0.1, -0.05) is 23.9 Å². The molecule has 2 aliphatic rings. The Labute approximate surface area is 169 Å². The quantitative estimate of drug-likeness (QED) is 0.499. The molecule has 0 radical (unpaired) electrons. The Morgan fingerprint density at radius 1 is 1.00 bits per heavy atom. The van der Waals surface area contributed by atoms with E-state index >= 15 is 0 Å². The number of para-hydroxylation sites is 2. The summed E-state index contributed by atoms with van der Waals surface area (Å²) in [5.41, 5.74) is 2.94. The maximum absolute atomic E-state index is 4.87. The maximum atomic E-state index is 4.87. The number of piperidine rings is 1. The average molecular weight is 393 g/mol. The topological polar surface area (TPSA) is 58.0 Å². The van der Waals surface area contributed by atoms with Gasteiger partial charge in [-0.2, -0.15) is 0 Å². The van der Waals surface area contributed by atoms with Crippen LogP contribution in [0.4, 0.5) is 11.6 Å². The number of hydrogen-bond donors (Lipinski definition) is 0. The number of aryl methyl sites for hydroxylation is 1. The van der Waals surface area contributed by atoms with Crippen LogP contribution in [-0.4, -0.2) is 51.9 Å². The van der Waals surface area contributed by atoms with E-state index in [1.807, 2.05) is 36.7 Å². The molecule has 2 unspecified atom stereocenters. The molecule has 1 aromatic carbocycles. The van der Waals surface area contributed by atoms with Gasteiger partial charge in [-0.3, -0.25) is 4.98 Å². The van der Waals surface area contributed by atoms with E-state index in [1.54, 1.807) is 11.8 Å². The third-order valence-corrected chi connectivity index (χ3v) is 6.47. The van der Waals surface area contributed by atoms with Crippen LogP contribution in [0.1, 0.15) is 18.5 Å². The average Bonchev–Trinajstić information content (AvgIpc) is 3.16. The largest absolute Gasteiger partial charge is 0.353 e. The van der Waals surface area contributed by atoms with Crippen molar-refractivity contribution in [2.24, 2.45) is 5.92 Å². The van der Waals surface area contributed by atoms with Gasteiger partial charge in [0.05, 0.1) is 23.3 Å². The second-order valence-electron chi connectivity index (χ2n) is 7.62. The molecule has 2 fully saturated rings. The van der Waals surface area contributed by atoms with E-state index < -0.39 is 0 Å². The van der Waals surface area contributed by atoms with Crippen molar-refractivity contribution in [3.05, 3.63) is 42.2 Å². The standard InChI is InChI=1S/C21H24N6S/c1-14-11-19(25-21(23-14)28-2)27-10-8-15-7-9-26(13-18(15)27)20-12-22-16-5-3-4-6-17(16)24-20/h3-6,11-12,15,18H,7-10,13H2,1-2H3. The SMILES string of the molecule is CSc1nc(C)cc(N2CCC3CCN(c4cnc5ccccc5n4)CC32)n1. The first kappa shape index (κ1) is 17.7. The van der Waals surface area contributed by atoms with Crippen molar-refractivity contribution in [2.75, 3.05) is 35.7 Å². The number of benzene rings is 1. The summed E-state index contributed by atoms with van der Waals surface area (Å²) in [7, 11) is 0. The van der Waals surface area contributed by atoms with Crippen molar-refractivity contribution in [1.82, 2.24) is 19.9 Å². The molecule has 2 aromatic heterocycles. The summed E-state index contributed by atoms with van der Waals surface area (Å²) in [5.74, 6) is 2.76. The second kappa shape index (κ2) is 7.20. The number of aromatic nitrogens is 4. The molecule has 0 spiro atoms. The van der Waals surface area contributed by atoms with Crippen LogP contribution >= 0.6 is 11.8 Å². The molecule has 3 aromatic rings. The summed E-state index contributed by atoms with van der Waals surface area (Å²) in [5, 5.41) is 0.853. The first-order valence-electron chi connectivity index (χ1n) is 9.84. The van der Waals surface area contributed by atoms with Gasteiger partial charge in [0.2, 0.25) is 0 Å². The Morgan fingerprint density at radius 2 is 1.82 bits per heavy atom. The Bertz CT molecular complexity index is 1010. The zero-order valence-electron chi connectivity index (χ0n) is 16.2. The van der Waals surface area contributed by atoms with Crippen LogP contribution in [0.15, 0.2) is 41.7 Å². The summed E-state index contributed by atoms with van der Waals surface area (Å²) in [6, 6.07) is 10.7. The highest BCUT2D eigenvalue weighted by atomic mass is 32.2. The van der Waals surface area contributed by atoms with Crippen LogP contribution in [0.25, 0.3) is 11.0 Å². The highest BCUT2D eigenvalue weighted by Gasteiger charge is 2.39. The lowest BCUT2D eigenvalue weighted by Gasteiger charge is -2.39. The summed E-state index contributed by atoms with van der Waals surface area (Å²) < 4.78 is 0. The molecular formula is C21H24N6S. The van der Waals surface area contributed by atoms with E-state index in [-0.39, 0.29) is 0 Å². The number of nitrogens with zero attached hydrogens (tertiary/aromatic N) is 6. The molecule has 0 saturated carbocycles. The van der Waals surface area contributed by atoms with Gasteiger partial charge in [0.25, 0.3) is 0 Å². The van der Waals surface area contributed by atoms with E-state index in [9.17, 15) is 0 Å². The summed E-state index contributed by atoms with van der Waals surface area (Å²) >= 11 is 1.61. The highest BCUT2D eigenvalue weighted by Crippen LogP contribution is 2.36. The molecule has 7 heteroatoms. The molecule has 6 nitrogen and oxygen atoms in total.